The average Bonchev–Trinajstić information content (AvgIpc) is 2.64. The maximum absolute atomic E-state index is 2.30. The van der Waals surface area contributed by atoms with Crippen molar-refractivity contribution in [2.24, 2.45) is 0 Å². The van der Waals surface area contributed by atoms with Crippen LogP contribution in [-0.2, 0) is 19.2 Å². The molecule has 0 bridgehead atoms. The summed E-state index contributed by atoms with van der Waals surface area (Å²) in [6.45, 7) is 4.46. The third kappa shape index (κ3) is 3.78. The number of benzene rings is 1. The molecule has 86 valence electrons. The number of rotatable bonds is 2. The molecule has 2 rings (SSSR count). The fraction of sp³-hybridized carbons (Fsp3) is 0.231. The minimum absolute atomic E-state index is 0. The number of allylic oxidation sites excluding steroid dienone is 4. The summed E-state index contributed by atoms with van der Waals surface area (Å²) in [5.74, 6) is 0. The fourth-order valence-electron chi connectivity index (χ4n) is 1.71. The quantitative estimate of drug-likeness (QED) is 0.729. The predicted molar refractivity (Wildman–Crippen MR) is 71.9 cm³/mol. The maximum Gasteiger partial charge on any atom is -0.147 e. The van der Waals surface area contributed by atoms with Crippen LogP contribution in [0, 0.1) is 13.8 Å². The van der Waals surface area contributed by atoms with Crippen molar-refractivity contribution in [3.8, 4) is 0 Å². The molecule has 0 amide bonds. The van der Waals surface area contributed by atoms with Crippen LogP contribution < -0.4 is 3.87 Å². The van der Waals surface area contributed by atoms with Crippen LogP contribution in [0.4, 0.5) is 0 Å². The van der Waals surface area contributed by atoms with Gasteiger partial charge in [-0.05, 0) is 0 Å². The van der Waals surface area contributed by atoms with Gasteiger partial charge in [0, 0.05) is 0 Å². The van der Waals surface area contributed by atoms with Gasteiger partial charge in [-0.25, -0.2) is 0 Å². The van der Waals surface area contributed by atoms with Crippen LogP contribution in [0.15, 0.2) is 40.3 Å². The average molecular weight is 291 g/mol. The summed E-state index contributed by atoms with van der Waals surface area (Å²) in [4.78, 5) is 0. The molecule has 1 aliphatic rings. The Morgan fingerprint density at radius 1 is 1.06 bits per heavy atom. The van der Waals surface area contributed by atoms with Gasteiger partial charge < -0.3 is 0 Å². The van der Waals surface area contributed by atoms with E-state index in [-0.39, 0.29) is 44.0 Å². The first-order valence-corrected chi connectivity index (χ1v) is 6.52. The van der Waals surface area contributed by atoms with Crippen molar-refractivity contribution in [1.29, 1.82) is 0 Å². The first kappa shape index (κ1) is 16.0. The molecule has 1 aromatic rings. The van der Waals surface area contributed by atoms with Crippen molar-refractivity contribution in [2.75, 3.05) is 0 Å². The van der Waals surface area contributed by atoms with Gasteiger partial charge in [0.2, 0.25) is 0 Å². The summed E-state index contributed by atoms with van der Waals surface area (Å²) in [6.07, 6.45) is 7.93. The fourth-order valence-corrected chi connectivity index (χ4v) is 3.71. The summed E-state index contributed by atoms with van der Waals surface area (Å²) in [5, 5.41) is 0. The Labute approximate surface area is 119 Å². The van der Waals surface area contributed by atoms with Crippen LogP contribution in [-0.4, -0.2) is 0 Å². The van der Waals surface area contributed by atoms with Crippen LogP contribution in [0.5, 0.6) is 0 Å². The molecule has 0 saturated carbocycles. The van der Waals surface area contributed by atoms with E-state index in [2.05, 4.69) is 50.3 Å². The normalized spacial score (nSPS) is 12.5. The zero-order chi connectivity index (χ0) is 9.97. The second kappa shape index (κ2) is 7.35. The number of aryl methyl sites for hydroxylation is 2. The number of halogens is 2. The minimum Gasteiger partial charge on any atom is -0.147 e. The Balaban J connectivity index is 0.00000112. The third-order valence-electron chi connectivity index (χ3n) is 2.54. The molecule has 1 aliphatic carbocycles. The molecule has 0 atom stereocenters. The van der Waals surface area contributed by atoms with Crippen molar-refractivity contribution in [2.45, 2.75) is 20.3 Å². The molecular weight excluding hydrogens is 275 g/mol. The molecule has 0 heterocycles. The van der Waals surface area contributed by atoms with E-state index in [1.807, 2.05) is 0 Å². The molecule has 0 N–H and O–H groups in total. The standard InChI is InChI=1S/C8H9.C5H5.2ClH.Ti/c1-7-4-3-5-8(2)6-7;1-2-4-5-3-1;;;/h3-5H,1-2H3;1-3H,4H2;2*1H;. The zero-order valence-electron chi connectivity index (χ0n) is 9.49. The molecule has 0 radical (unpaired) electrons. The molecule has 16 heavy (non-hydrogen) atoms. The molecule has 0 aliphatic heterocycles. The molecule has 0 saturated heterocycles. The molecular formula is C13H16Cl2Ti. The van der Waals surface area contributed by atoms with Crippen molar-refractivity contribution < 1.29 is 19.2 Å². The van der Waals surface area contributed by atoms with Gasteiger partial charge in [0.25, 0.3) is 0 Å². The van der Waals surface area contributed by atoms with Crippen LogP contribution in [0.3, 0.4) is 0 Å². The molecule has 1 aromatic carbocycles. The van der Waals surface area contributed by atoms with Crippen molar-refractivity contribution >= 4 is 28.7 Å². The first-order valence-electron chi connectivity index (χ1n) is 4.96. The van der Waals surface area contributed by atoms with Gasteiger partial charge in [-0.15, -0.1) is 24.8 Å². The Kier molecular flexibility index (Phi) is 7.34. The van der Waals surface area contributed by atoms with E-state index in [0.717, 1.165) is 0 Å². The summed E-state index contributed by atoms with van der Waals surface area (Å²) in [7, 11) is 0. The van der Waals surface area contributed by atoms with Gasteiger partial charge in [0.15, 0.2) is 0 Å². The molecule has 0 nitrogen and oxygen atoms in total. The Morgan fingerprint density at radius 3 is 2.19 bits per heavy atom. The Hall–Kier alpha value is -0.00571. The largest absolute Gasteiger partial charge is 0.147 e. The van der Waals surface area contributed by atoms with Crippen LogP contribution in [0.1, 0.15) is 17.5 Å². The van der Waals surface area contributed by atoms with Crippen LogP contribution in [0.2, 0.25) is 0 Å². The van der Waals surface area contributed by atoms with E-state index in [1.54, 1.807) is 7.75 Å². The monoisotopic (exact) mass is 290 g/mol. The van der Waals surface area contributed by atoms with Crippen LogP contribution in [0.25, 0.3) is 0 Å². The van der Waals surface area contributed by atoms with Gasteiger partial charge >= 0.3 is 94.7 Å². The van der Waals surface area contributed by atoms with E-state index in [0.29, 0.717) is 0 Å². The Morgan fingerprint density at radius 2 is 1.69 bits per heavy atom. The SMILES string of the molecule is Cc1cccc(C)[c]1[Ti][C]1=CC=CC1.Cl.Cl. The van der Waals surface area contributed by atoms with Gasteiger partial charge in [0.05, 0.1) is 0 Å². The third-order valence-corrected chi connectivity index (χ3v) is 5.24. The smallest absolute Gasteiger partial charge is 0.147 e. The topological polar surface area (TPSA) is 0 Å². The summed E-state index contributed by atoms with van der Waals surface area (Å²) in [5.41, 5.74) is 2.94. The Bertz CT molecular complexity index is 388. The molecule has 0 unspecified atom stereocenters. The predicted octanol–water partition coefficient (Wildman–Crippen LogP) is 3.70. The second-order valence-electron chi connectivity index (χ2n) is 3.72. The van der Waals surface area contributed by atoms with E-state index in [4.69, 9.17) is 0 Å². The molecule has 0 fully saturated rings. The molecule has 3 heteroatoms. The zero-order valence-corrected chi connectivity index (χ0v) is 12.7. The van der Waals surface area contributed by atoms with E-state index in [1.165, 1.54) is 17.5 Å². The van der Waals surface area contributed by atoms with Crippen molar-refractivity contribution in [3.63, 3.8) is 0 Å². The number of hydrogen-bond acceptors (Lipinski definition) is 0. The van der Waals surface area contributed by atoms with Crippen molar-refractivity contribution in [1.82, 2.24) is 0 Å². The minimum atomic E-state index is -0.0631. The summed E-state index contributed by atoms with van der Waals surface area (Å²) >= 11 is -0.0631. The summed E-state index contributed by atoms with van der Waals surface area (Å²) in [6, 6.07) is 6.62. The summed E-state index contributed by atoms with van der Waals surface area (Å²) < 4.78 is 3.28. The van der Waals surface area contributed by atoms with E-state index < -0.39 is 0 Å². The van der Waals surface area contributed by atoms with Gasteiger partial charge in [-0.2, -0.15) is 0 Å². The van der Waals surface area contributed by atoms with Crippen LogP contribution >= 0.6 is 24.8 Å². The second-order valence-corrected chi connectivity index (χ2v) is 5.89. The molecule has 0 spiro atoms. The van der Waals surface area contributed by atoms with E-state index >= 15 is 0 Å². The van der Waals surface area contributed by atoms with Gasteiger partial charge in [0.1, 0.15) is 0 Å². The maximum atomic E-state index is 2.30. The van der Waals surface area contributed by atoms with Crippen molar-refractivity contribution in [3.05, 3.63) is 51.4 Å². The van der Waals surface area contributed by atoms with E-state index in [9.17, 15) is 0 Å². The number of hydrogen-bond donors (Lipinski definition) is 0. The molecule has 0 aromatic heterocycles. The van der Waals surface area contributed by atoms with Gasteiger partial charge in [-0.1, -0.05) is 0 Å². The first-order chi connectivity index (χ1) is 6.77. The van der Waals surface area contributed by atoms with Gasteiger partial charge in [-0.3, -0.25) is 0 Å².